The Morgan fingerprint density at radius 1 is 1.24 bits per heavy atom. The molecule has 0 saturated heterocycles. The minimum Gasteiger partial charge on any atom is -0.370 e. The first-order valence-corrected chi connectivity index (χ1v) is 8.69. The standard InChI is InChI=1S/C20H26N4.HI/c1-20(12-6-8-16-7-2-3-10-18(16)20)15-24-19(21)23-14-11-17-9-4-5-13-22-17;/h2-5,7,9-10,13H,6,8,11-12,14-15H2,1H3,(H3,21,23,24);1H. The molecule has 3 N–H and O–H groups in total. The molecule has 0 bridgehead atoms. The molecule has 5 heteroatoms. The van der Waals surface area contributed by atoms with Crippen LogP contribution in [0.15, 0.2) is 53.7 Å². The molecule has 0 spiro atoms. The molecule has 25 heavy (non-hydrogen) atoms. The fourth-order valence-corrected chi connectivity index (χ4v) is 3.48. The Kier molecular flexibility index (Phi) is 7.23. The molecule has 0 saturated carbocycles. The van der Waals surface area contributed by atoms with E-state index in [4.69, 9.17) is 5.73 Å². The molecule has 1 aliphatic rings. The Bertz CT molecular complexity index is 702. The van der Waals surface area contributed by atoms with Crippen molar-refractivity contribution >= 4 is 29.9 Å². The summed E-state index contributed by atoms with van der Waals surface area (Å²) < 4.78 is 0. The highest BCUT2D eigenvalue weighted by molar-refractivity contribution is 14.0. The molecule has 0 fully saturated rings. The predicted molar refractivity (Wildman–Crippen MR) is 115 cm³/mol. The molecular formula is C20H27IN4. The molecule has 0 amide bonds. The van der Waals surface area contributed by atoms with Crippen LogP contribution in [0, 0.1) is 0 Å². The molecule has 1 atom stereocenters. The highest BCUT2D eigenvalue weighted by Crippen LogP contribution is 2.37. The third-order valence-corrected chi connectivity index (χ3v) is 4.85. The van der Waals surface area contributed by atoms with Gasteiger partial charge in [-0.3, -0.25) is 9.98 Å². The first-order valence-electron chi connectivity index (χ1n) is 8.69. The molecule has 0 radical (unpaired) electrons. The summed E-state index contributed by atoms with van der Waals surface area (Å²) in [6.07, 6.45) is 6.21. The number of hydrogen-bond donors (Lipinski definition) is 2. The van der Waals surface area contributed by atoms with Crippen LogP contribution in [0.3, 0.4) is 0 Å². The molecule has 1 aromatic carbocycles. The van der Waals surface area contributed by atoms with E-state index in [-0.39, 0.29) is 29.4 Å². The van der Waals surface area contributed by atoms with Crippen LogP contribution in [0.25, 0.3) is 0 Å². The molecule has 2 aromatic rings. The van der Waals surface area contributed by atoms with Crippen molar-refractivity contribution in [2.24, 2.45) is 10.7 Å². The van der Waals surface area contributed by atoms with E-state index >= 15 is 0 Å². The number of pyridine rings is 1. The lowest BCUT2D eigenvalue weighted by atomic mass is 9.71. The summed E-state index contributed by atoms with van der Waals surface area (Å²) in [4.78, 5) is 8.92. The quantitative estimate of drug-likeness (QED) is 0.417. The molecule has 1 aliphatic carbocycles. The largest absolute Gasteiger partial charge is 0.370 e. The van der Waals surface area contributed by atoms with Crippen LogP contribution in [-0.4, -0.2) is 24.0 Å². The van der Waals surface area contributed by atoms with E-state index in [0.717, 1.165) is 31.6 Å². The maximum Gasteiger partial charge on any atom is 0.188 e. The fourth-order valence-electron chi connectivity index (χ4n) is 3.48. The smallest absolute Gasteiger partial charge is 0.188 e. The van der Waals surface area contributed by atoms with Gasteiger partial charge in [-0.25, -0.2) is 0 Å². The number of aliphatic imine (C=N–C) groups is 1. The second-order valence-corrected chi connectivity index (χ2v) is 6.77. The van der Waals surface area contributed by atoms with E-state index in [0.29, 0.717) is 5.96 Å². The van der Waals surface area contributed by atoms with Gasteiger partial charge in [-0.1, -0.05) is 37.3 Å². The van der Waals surface area contributed by atoms with Gasteiger partial charge >= 0.3 is 0 Å². The van der Waals surface area contributed by atoms with Crippen LogP contribution in [0.2, 0.25) is 0 Å². The molecule has 1 aromatic heterocycles. The van der Waals surface area contributed by atoms with Gasteiger partial charge in [0.15, 0.2) is 5.96 Å². The van der Waals surface area contributed by atoms with Gasteiger partial charge in [0.25, 0.3) is 0 Å². The normalized spacial score (nSPS) is 19.6. The van der Waals surface area contributed by atoms with Gasteiger partial charge in [-0.2, -0.15) is 0 Å². The number of guanidine groups is 1. The van der Waals surface area contributed by atoms with Crippen LogP contribution >= 0.6 is 24.0 Å². The third-order valence-electron chi connectivity index (χ3n) is 4.85. The summed E-state index contributed by atoms with van der Waals surface area (Å²) in [5.41, 5.74) is 10.1. The Morgan fingerprint density at radius 3 is 2.84 bits per heavy atom. The summed E-state index contributed by atoms with van der Waals surface area (Å²) >= 11 is 0. The Balaban J connectivity index is 0.00000225. The number of nitrogens with two attached hydrogens (primary N) is 1. The minimum atomic E-state index is 0. The van der Waals surface area contributed by atoms with Crippen molar-refractivity contribution in [3.63, 3.8) is 0 Å². The summed E-state index contributed by atoms with van der Waals surface area (Å²) in [5.74, 6) is 0.523. The SMILES string of the molecule is CC1(CN=C(N)NCCc2ccccn2)CCCc2ccccc21.I. The van der Waals surface area contributed by atoms with Gasteiger partial charge in [-0.05, 0) is 42.5 Å². The Morgan fingerprint density at radius 2 is 2.04 bits per heavy atom. The zero-order chi connectivity index (χ0) is 16.8. The van der Waals surface area contributed by atoms with Crippen LogP contribution in [0.4, 0.5) is 0 Å². The lowest BCUT2D eigenvalue weighted by molar-refractivity contribution is 0.404. The number of rotatable bonds is 5. The number of halogens is 1. The zero-order valence-corrected chi connectivity index (χ0v) is 17.1. The number of fused-ring (bicyclic) bond motifs is 1. The predicted octanol–water partition coefficient (Wildman–Crippen LogP) is 3.44. The van der Waals surface area contributed by atoms with Crippen molar-refractivity contribution < 1.29 is 0 Å². The first kappa shape index (κ1) is 19.7. The lowest BCUT2D eigenvalue weighted by Crippen LogP contribution is -2.36. The van der Waals surface area contributed by atoms with E-state index in [2.05, 4.69) is 46.5 Å². The molecule has 3 rings (SSSR count). The van der Waals surface area contributed by atoms with Crippen molar-refractivity contribution in [1.29, 1.82) is 0 Å². The molecule has 1 unspecified atom stereocenters. The summed E-state index contributed by atoms with van der Waals surface area (Å²) in [6, 6.07) is 14.7. The molecule has 4 nitrogen and oxygen atoms in total. The van der Waals surface area contributed by atoms with Gasteiger partial charge in [0.2, 0.25) is 0 Å². The summed E-state index contributed by atoms with van der Waals surface area (Å²) in [5, 5.41) is 3.20. The van der Waals surface area contributed by atoms with Crippen molar-refractivity contribution in [1.82, 2.24) is 10.3 Å². The summed E-state index contributed by atoms with van der Waals surface area (Å²) in [7, 11) is 0. The maximum absolute atomic E-state index is 6.05. The van der Waals surface area contributed by atoms with Gasteiger partial charge < -0.3 is 11.1 Å². The number of aryl methyl sites for hydroxylation is 1. The highest BCUT2D eigenvalue weighted by Gasteiger charge is 2.31. The van der Waals surface area contributed by atoms with E-state index in [1.807, 2.05) is 24.4 Å². The number of aromatic nitrogens is 1. The average molecular weight is 450 g/mol. The number of nitrogens with one attached hydrogen (secondary N) is 1. The van der Waals surface area contributed by atoms with Crippen molar-refractivity contribution in [2.45, 2.75) is 38.0 Å². The van der Waals surface area contributed by atoms with Crippen molar-refractivity contribution in [3.8, 4) is 0 Å². The van der Waals surface area contributed by atoms with Gasteiger partial charge in [0.05, 0.1) is 6.54 Å². The van der Waals surface area contributed by atoms with Crippen molar-refractivity contribution in [3.05, 3.63) is 65.5 Å². The Hall–Kier alpha value is -1.63. The summed E-state index contributed by atoms with van der Waals surface area (Å²) in [6.45, 7) is 3.78. The average Bonchev–Trinajstić information content (AvgIpc) is 2.62. The third kappa shape index (κ3) is 5.17. The maximum atomic E-state index is 6.05. The Labute approximate surface area is 167 Å². The first-order chi connectivity index (χ1) is 11.7. The number of nitrogens with zero attached hydrogens (tertiary/aromatic N) is 2. The van der Waals surface area contributed by atoms with Gasteiger partial charge in [-0.15, -0.1) is 24.0 Å². The zero-order valence-electron chi connectivity index (χ0n) is 14.7. The van der Waals surface area contributed by atoms with Crippen LogP contribution < -0.4 is 11.1 Å². The van der Waals surface area contributed by atoms with Crippen LogP contribution in [-0.2, 0) is 18.3 Å². The minimum absolute atomic E-state index is 0. The second kappa shape index (κ2) is 9.17. The van der Waals surface area contributed by atoms with E-state index in [1.54, 1.807) is 0 Å². The van der Waals surface area contributed by atoms with Crippen LogP contribution in [0.5, 0.6) is 0 Å². The van der Waals surface area contributed by atoms with E-state index in [9.17, 15) is 0 Å². The topological polar surface area (TPSA) is 63.3 Å². The van der Waals surface area contributed by atoms with Gasteiger partial charge in [0.1, 0.15) is 0 Å². The monoisotopic (exact) mass is 450 g/mol. The second-order valence-electron chi connectivity index (χ2n) is 6.77. The highest BCUT2D eigenvalue weighted by atomic mass is 127. The van der Waals surface area contributed by atoms with Crippen molar-refractivity contribution in [2.75, 3.05) is 13.1 Å². The molecular weight excluding hydrogens is 423 g/mol. The number of benzene rings is 1. The lowest BCUT2D eigenvalue weighted by Gasteiger charge is -2.34. The van der Waals surface area contributed by atoms with E-state index in [1.165, 1.54) is 24.0 Å². The van der Waals surface area contributed by atoms with Gasteiger partial charge in [0, 0.05) is 30.3 Å². The molecule has 0 aliphatic heterocycles. The molecule has 134 valence electrons. The molecule has 1 heterocycles. The fraction of sp³-hybridized carbons (Fsp3) is 0.400. The number of hydrogen-bond acceptors (Lipinski definition) is 2. The van der Waals surface area contributed by atoms with Crippen LogP contribution in [0.1, 0.15) is 36.6 Å². The van der Waals surface area contributed by atoms with E-state index < -0.39 is 0 Å².